The molecule has 1 aromatic rings. The monoisotopic (exact) mass is 206 g/mol. The lowest BCUT2D eigenvalue weighted by molar-refractivity contribution is 0.0531. The number of hydrogen-bond donors (Lipinski definition) is 1. The van der Waals surface area contributed by atoms with E-state index in [4.69, 9.17) is 0 Å². The van der Waals surface area contributed by atoms with Crippen LogP contribution in [-0.2, 0) is 4.84 Å². The molecule has 14 heavy (non-hydrogen) atoms. The fourth-order valence-electron chi connectivity index (χ4n) is 0.782. The predicted octanol–water partition coefficient (Wildman–Crippen LogP) is 0.790. The zero-order chi connectivity index (χ0) is 10.7. The molecule has 0 atom stereocenters. The molecule has 0 saturated carbocycles. The van der Waals surface area contributed by atoms with E-state index in [2.05, 4.69) is 9.82 Å². The Hall–Kier alpha value is -1.63. The van der Waals surface area contributed by atoms with Crippen LogP contribution in [0.5, 0.6) is 0 Å². The van der Waals surface area contributed by atoms with Gasteiger partial charge in [-0.25, -0.2) is 9.87 Å². The minimum absolute atomic E-state index is 0.465. The summed E-state index contributed by atoms with van der Waals surface area (Å²) in [5.41, 5.74) is 0.909. The molecule has 1 N–H and O–H groups in total. The molecule has 1 amide bonds. The molecule has 1 aromatic heterocycles. The van der Waals surface area contributed by atoms with Gasteiger partial charge in [0.05, 0.1) is 12.7 Å². The van der Waals surface area contributed by atoms with Gasteiger partial charge < -0.3 is 0 Å². The van der Waals surface area contributed by atoms with E-state index in [-0.39, 0.29) is 0 Å². The lowest BCUT2D eigenvalue weighted by Gasteiger charge is -2.03. The molecule has 7 heteroatoms. The third-order valence-electron chi connectivity index (χ3n) is 1.33. The van der Waals surface area contributed by atoms with Crippen molar-refractivity contribution in [3.63, 3.8) is 0 Å². The highest BCUT2D eigenvalue weighted by Gasteiger charge is 2.18. The maximum atomic E-state index is 12.8. The lowest BCUT2D eigenvalue weighted by Crippen LogP contribution is -2.24. The van der Waals surface area contributed by atoms with E-state index in [0.29, 0.717) is 6.07 Å². The van der Waals surface area contributed by atoms with Gasteiger partial charge in [-0.15, -0.1) is 0 Å². The first kappa shape index (κ1) is 10.5. The van der Waals surface area contributed by atoms with Crippen LogP contribution in [0.15, 0.2) is 6.07 Å². The zero-order valence-electron chi connectivity index (χ0n) is 6.97. The Morgan fingerprint density at radius 2 is 2.14 bits per heavy atom. The second-order valence-corrected chi connectivity index (χ2v) is 2.23. The standard InChI is InChI=1S/C7H5F3N2O2/c1-14-12-7(13)3-2-4(8)11-6(10)5(3)9/h2H,1H3,(H,12,13). The molecule has 0 bridgehead atoms. The minimum Gasteiger partial charge on any atom is -0.277 e. The van der Waals surface area contributed by atoms with Crippen molar-refractivity contribution < 1.29 is 22.8 Å². The minimum atomic E-state index is -1.67. The van der Waals surface area contributed by atoms with Crippen LogP contribution < -0.4 is 5.48 Å². The Bertz CT molecular complexity index is 370. The molecule has 0 aliphatic heterocycles. The van der Waals surface area contributed by atoms with Gasteiger partial charge in [-0.2, -0.15) is 13.8 Å². The quantitative estimate of drug-likeness (QED) is 0.574. The normalized spacial score (nSPS) is 10.0. The average Bonchev–Trinajstić information content (AvgIpc) is 2.11. The van der Waals surface area contributed by atoms with Crippen molar-refractivity contribution >= 4 is 5.91 Å². The topological polar surface area (TPSA) is 51.2 Å². The van der Waals surface area contributed by atoms with E-state index in [9.17, 15) is 18.0 Å². The first-order valence-corrected chi connectivity index (χ1v) is 3.41. The molecule has 0 saturated heterocycles. The van der Waals surface area contributed by atoms with Crippen molar-refractivity contribution in [1.82, 2.24) is 10.5 Å². The van der Waals surface area contributed by atoms with Crippen LogP contribution in [0.4, 0.5) is 13.2 Å². The number of hydrogen-bond acceptors (Lipinski definition) is 3. The number of aromatic nitrogens is 1. The summed E-state index contributed by atoms with van der Waals surface area (Å²) in [6.07, 6.45) is 0. The van der Waals surface area contributed by atoms with Crippen LogP contribution >= 0.6 is 0 Å². The van der Waals surface area contributed by atoms with Gasteiger partial charge in [0.25, 0.3) is 11.9 Å². The number of hydroxylamine groups is 1. The number of rotatable bonds is 2. The molecular weight excluding hydrogens is 201 g/mol. The number of nitrogens with zero attached hydrogens (tertiary/aromatic N) is 1. The molecule has 0 aromatic carbocycles. The van der Waals surface area contributed by atoms with Crippen molar-refractivity contribution in [1.29, 1.82) is 0 Å². The van der Waals surface area contributed by atoms with Crippen molar-refractivity contribution in [2.45, 2.75) is 0 Å². The third kappa shape index (κ3) is 1.99. The number of nitrogens with one attached hydrogen (secondary N) is 1. The van der Waals surface area contributed by atoms with Gasteiger partial charge in [-0.1, -0.05) is 0 Å². The number of pyridine rings is 1. The first-order chi connectivity index (χ1) is 6.56. The molecule has 0 fully saturated rings. The molecule has 0 unspecified atom stereocenters. The molecule has 76 valence electrons. The summed E-state index contributed by atoms with van der Waals surface area (Å²) in [7, 11) is 1.10. The van der Waals surface area contributed by atoms with Gasteiger partial charge in [0.1, 0.15) is 0 Å². The fourth-order valence-corrected chi connectivity index (χ4v) is 0.782. The molecular formula is C7H5F3N2O2. The van der Waals surface area contributed by atoms with E-state index >= 15 is 0 Å². The van der Waals surface area contributed by atoms with E-state index in [0.717, 1.165) is 7.11 Å². The Labute approximate surface area is 76.7 Å². The smallest absolute Gasteiger partial charge is 0.277 e. The third-order valence-corrected chi connectivity index (χ3v) is 1.33. The molecule has 1 heterocycles. The fraction of sp³-hybridized carbons (Fsp3) is 0.143. The molecule has 4 nitrogen and oxygen atoms in total. The Balaban J connectivity index is 3.13. The Kier molecular flexibility index (Phi) is 3.03. The Morgan fingerprint density at radius 3 is 2.71 bits per heavy atom. The van der Waals surface area contributed by atoms with Crippen LogP contribution in [0.1, 0.15) is 10.4 Å². The highest BCUT2D eigenvalue weighted by Crippen LogP contribution is 2.10. The molecule has 0 aliphatic carbocycles. The summed E-state index contributed by atoms with van der Waals surface area (Å²) in [6.45, 7) is 0. The second-order valence-electron chi connectivity index (χ2n) is 2.23. The molecule has 1 rings (SSSR count). The number of amides is 1. The van der Waals surface area contributed by atoms with Crippen LogP contribution in [-0.4, -0.2) is 18.0 Å². The number of carbonyl (C=O) groups excluding carboxylic acids is 1. The largest absolute Gasteiger partial charge is 0.278 e. The number of carbonyl (C=O) groups is 1. The van der Waals surface area contributed by atoms with E-state index in [1.165, 1.54) is 0 Å². The van der Waals surface area contributed by atoms with Gasteiger partial charge in [0, 0.05) is 6.07 Å². The summed E-state index contributed by atoms with van der Waals surface area (Å²) in [6, 6.07) is 0.465. The van der Waals surface area contributed by atoms with Crippen molar-refractivity contribution in [2.75, 3.05) is 7.11 Å². The summed E-state index contributed by atoms with van der Waals surface area (Å²) in [5.74, 6) is -5.58. The van der Waals surface area contributed by atoms with Crippen LogP contribution in [0, 0.1) is 17.7 Å². The maximum Gasteiger partial charge on any atom is 0.278 e. The van der Waals surface area contributed by atoms with Gasteiger partial charge in [-0.3, -0.25) is 9.63 Å². The summed E-state index contributed by atoms with van der Waals surface area (Å²) in [4.78, 5) is 17.6. The highest BCUT2D eigenvalue weighted by atomic mass is 19.2. The predicted molar refractivity (Wildman–Crippen MR) is 38.6 cm³/mol. The molecule has 0 radical (unpaired) electrons. The molecule has 0 spiro atoms. The zero-order valence-corrected chi connectivity index (χ0v) is 6.97. The van der Waals surface area contributed by atoms with Crippen LogP contribution in [0.25, 0.3) is 0 Å². The van der Waals surface area contributed by atoms with Gasteiger partial charge in [-0.05, 0) is 0 Å². The highest BCUT2D eigenvalue weighted by molar-refractivity contribution is 5.93. The number of halogens is 3. The summed E-state index contributed by atoms with van der Waals surface area (Å²) in [5, 5.41) is 0. The van der Waals surface area contributed by atoms with Crippen molar-refractivity contribution in [3.8, 4) is 0 Å². The molecule has 0 aliphatic rings. The van der Waals surface area contributed by atoms with Crippen LogP contribution in [0.2, 0.25) is 0 Å². The van der Waals surface area contributed by atoms with E-state index < -0.39 is 29.2 Å². The van der Waals surface area contributed by atoms with Crippen LogP contribution in [0.3, 0.4) is 0 Å². The van der Waals surface area contributed by atoms with Gasteiger partial charge in [0.15, 0.2) is 5.82 Å². The summed E-state index contributed by atoms with van der Waals surface area (Å²) < 4.78 is 37.8. The lowest BCUT2D eigenvalue weighted by atomic mass is 10.2. The SMILES string of the molecule is CONC(=O)c1cc(F)nc(F)c1F. The average molecular weight is 206 g/mol. The second kappa shape index (κ2) is 4.05. The van der Waals surface area contributed by atoms with E-state index in [1.807, 2.05) is 0 Å². The first-order valence-electron chi connectivity index (χ1n) is 3.41. The van der Waals surface area contributed by atoms with Gasteiger partial charge >= 0.3 is 0 Å². The maximum absolute atomic E-state index is 12.8. The van der Waals surface area contributed by atoms with Crippen molar-refractivity contribution in [2.24, 2.45) is 0 Å². The van der Waals surface area contributed by atoms with Crippen molar-refractivity contribution in [3.05, 3.63) is 29.3 Å². The van der Waals surface area contributed by atoms with Gasteiger partial charge in [0.2, 0.25) is 5.95 Å². The Morgan fingerprint density at radius 1 is 1.50 bits per heavy atom. The summed E-state index contributed by atoms with van der Waals surface area (Å²) >= 11 is 0. The van der Waals surface area contributed by atoms with E-state index in [1.54, 1.807) is 5.48 Å².